The van der Waals surface area contributed by atoms with Crippen LogP contribution in [0.25, 0.3) is 0 Å². The number of carbonyl (C=O) groups is 1. The second kappa shape index (κ2) is 10.4. The summed E-state index contributed by atoms with van der Waals surface area (Å²) in [7, 11) is 5.85. The summed E-state index contributed by atoms with van der Waals surface area (Å²) in [6.07, 6.45) is 1.90. The Hall–Kier alpha value is -0.570. The first-order valence-electron chi connectivity index (χ1n) is 4.47. The van der Waals surface area contributed by atoms with Crippen molar-refractivity contribution in [2.45, 2.75) is 20.3 Å². The van der Waals surface area contributed by atoms with E-state index >= 15 is 0 Å². The standard InChI is InChI=1S/C7H16N2O.C2H6/c1-8(2)5-4-6-9(3)7-10;1-2/h7H,4-6H2,1-3H3;1-2H3. The Kier molecular flexibility index (Phi) is 12.2. The molecule has 0 aliphatic rings. The Morgan fingerprint density at radius 3 is 1.92 bits per heavy atom. The van der Waals surface area contributed by atoms with Crippen LogP contribution < -0.4 is 0 Å². The van der Waals surface area contributed by atoms with E-state index in [-0.39, 0.29) is 0 Å². The van der Waals surface area contributed by atoms with Crippen LogP contribution in [0.5, 0.6) is 0 Å². The zero-order chi connectivity index (χ0) is 9.98. The van der Waals surface area contributed by atoms with Crippen molar-refractivity contribution in [2.24, 2.45) is 0 Å². The molecule has 0 fully saturated rings. The van der Waals surface area contributed by atoms with E-state index in [0.29, 0.717) is 0 Å². The fourth-order valence-electron chi connectivity index (χ4n) is 0.689. The van der Waals surface area contributed by atoms with E-state index < -0.39 is 0 Å². The third kappa shape index (κ3) is 12.1. The summed E-state index contributed by atoms with van der Waals surface area (Å²) in [6.45, 7) is 5.89. The van der Waals surface area contributed by atoms with E-state index in [1.807, 2.05) is 27.9 Å². The van der Waals surface area contributed by atoms with Gasteiger partial charge in [-0.2, -0.15) is 0 Å². The molecule has 0 radical (unpaired) electrons. The Labute approximate surface area is 76.3 Å². The topological polar surface area (TPSA) is 23.6 Å². The van der Waals surface area contributed by atoms with Gasteiger partial charge in [0.1, 0.15) is 0 Å². The lowest BCUT2D eigenvalue weighted by molar-refractivity contribution is -0.117. The van der Waals surface area contributed by atoms with Gasteiger partial charge >= 0.3 is 0 Å². The van der Waals surface area contributed by atoms with Gasteiger partial charge in [-0.1, -0.05) is 13.8 Å². The van der Waals surface area contributed by atoms with Crippen molar-refractivity contribution in [1.29, 1.82) is 0 Å². The van der Waals surface area contributed by atoms with Crippen molar-refractivity contribution in [3.8, 4) is 0 Å². The Balaban J connectivity index is 0. The minimum absolute atomic E-state index is 0.849. The molecule has 0 aliphatic heterocycles. The first kappa shape index (κ1) is 14.0. The van der Waals surface area contributed by atoms with Crippen molar-refractivity contribution >= 4 is 6.41 Å². The van der Waals surface area contributed by atoms with E-state index in [4.69, 9.17) is 0 Å². The molecule has 3 nitrogen and oxygen atoms in total. The average Bonchev–Trinajstić information content (AvgIpc) is 2.07. The number of nitrogens with zero attached hydrogens (tertiary/aromatic N) is 2. The molecule has 0 saturated carbocycles. The van der Waals surface area contributed by atoms with E-state index in [0.717, 1.165) is 25.9 Å². The maximum atomic E-state index is 10.1. The summed E-state index contributed by atoms with van der Waals surface area (Å²) >= 11 is 0. The highest BCUT2D eigenvalue weighted by atomic mass is 16.1. The molecule has 0 rings (SSSR count). The van der Waals surface area contributed by atoms with Crippen molar-refractivity contribution in [3.63, 3.8) is 0 Å². The normalized spacial score (nSPS) is 8.83. The van der Waals surface area contributed by atoms with Gasteiger partial charge in [0.15, 0.2) is 0 Å². The van der Waals surface area contributed by atoms with Crippen LogP contribution in [-0.2, 0) is 4.79 Å². The third-order valence-electron chi connectivity index (χ3n) is 1.30. The summed E-state index contributed by atoms with van der Waals surface area (Å²) in [5.41, 5.74) is 0. The molecule has 0 unspecified atom stereocenters. The molecule has 0 bridgehead atoms. The molecular weight excluding hydrogens is 152 g/mol. The van der Waals surface area contributed by atoms with Gasteiger partial charge in [-0.25, -0.2) is 0 Å². The molecule has 0 aromatic heterocycles. The van der Waals surface area contributed by atoms with E-state index in [1.54, 1.807) is 11.9 Å². The smallest absolute Gasteiger partial charge is 0.209 e. The highest BCUT2D eigenvalue weighted by Gasteiger charge is 1.93. The van der Waals surface area contributed by atoms with Crippen molar-refractivity contribution < 1.29 is 4.79 Å². The number of hydrogen-bond donors (Lipinski definition) is 0. The fourth-order valence-corrected chi connectivity index (χ4v) is 0.689. The predicted molar refractivity (Wildman–Crippen MR) is 53.2 cm³/mol. The highest BCUT2D eigenvalue weighted by molar-refractivity contribution is 5.46. The van der Waals surface area contributed by atoms with E-state index in [9.17, 15) is 4.79 Å². The molecule has 1 amide bonds. The van der Waals surface area contributed by atoms with Crippen molar-refractivity contribution in [3.05, 3.63) is 0 Å². The van der Waals surface area contributed by atoms with Crippen LogP contribution >= 0.6 is 0 Å². The van der Waals surface area contributed by atoms with Gasteiger partial charge in [-0.3, -0.25) is 4.79 Å². The van der Waals surface area contributed by atoms with Crippen molar-refractivity contribution in [2.75, 3.05) is 34.2 Å². The van der Waals surface area contributed by atoms with Gasteiger partial charge in [-0.05, 0) is 27.1 Å². The molecule has 0 heterocycles. The Morgan fingerprint density at radius 2 is 1.58 bits per heavy atom. The lowest BCUT2D eigenvalue weighted by Gasteiger charge is -2.12. The van der Waals surface area contributed by atoms with Gasteiger partial charge in [0.25, 0.3) is 0 Å². The van der Waals surface area contributed by atoms with Gasteiger partial charge < -0.3 is 9.80 Å². The van der Waals surface area contributed by atoms with Crippen LogP contribution in [-0.4, -0.2) is 50.4 Å². The van der Waals surface area contributed by atoms with E-state index in [1.165, 1.54) is 0 Å². The summed E-state index contributed by atoms with van der Waals surface area (Å²) < 4.78 is 0. The minimum Gasteiger partial charge on any atom is -0.348 e. The molecule has 0 saturated heterocycles. The van der Waals surface area contributed by atoms with Crippen LogP contribution in [0.1, 0.15) is 20.3 Å². The van der Waals surface area contributed by atoms with Gasteiger partial charge in [0, 0.05) is 13.6 Å². The highest BCUT2D eigenvalue weighted by Crippen LogP contribution is 1.85. The summed E-state index contributed by atoms with van der Waals surface area (Å²) in [5.74, 6) is 0. The number of hydrogen-bond acceptors (Lipinski definition) is 2. The lowest BCUT2D eigenvalue weighted by Crippen LogP contribution is -2.22. The van der Waals surface area contributed by atoms with E-state index in [2.05, 4.69) is 4.90 Å². The minimum atomic E-state index is 0.849. The first-order valence-corrected chi connectivity index (χ1v) is 4.47. The number of amides is 1. The quantitative estimate of drug-likeness (QED) is 0.582. The van der Waals surface area contributed by atoms with Crippen LogP contribution in [0.15, 0.2) is 0 Å². The zero-order valence-corrected chi connectivity index (χ0v) is 9.00. The van der Waals surface area contributed by atoms with Crippen LogP contribution in [0.2, 0.25) is 0 Å². The molecule has 0 aromatic carbocycles. The second-order valence-electron chi connectivity index (χ2n) is 2.74. The molecule has 3 heteroatoms. The molecule has 0 spiro atoms. The largest absolute Gasteiger partial charge is 0.348 e. The van der Waals surface area contributed by atoms with Crippen LogP contribution in [0.3, 0.4) is 0 Å². The van der Waals surface area contributed by atoms with Crippen LogP contribution in [0.4, 0.5) is 0 Å². The monoisotopic (exact) mass is 174 g/mol. The first-order chi connectivity index (χ1) is 5.66. The second-order valence-corrected chi connectivity index (χ2v) is 2.74. The molecule has 12 heavy (non-hydrogen) atoms. The molecular formula is C9H22N2O. The maximum absolute atomic E-state index is 10.1. The zero-order valence-electron chi connectivity index (χ0n) is 9.00. The van der Waals surface area contributed by atoms with Gasteiger partial charge in [0.05, 0.1) is 0 Å². The molecule has 0 aliphatic carbocycles. The summed E-state index contributed by atoms with van der Waals surface area (Å²) in [5, 5.41) is 0. The fraction of sp³-hybridized carbons (Fsp3) is 0.889. The molecule has 0 atom stereocenters. The Bertz CT molecular complexity index is 94.5. The predicted octanol–water partition coefficient (Wildman–Crippen LogP) is 1.05. The number of carbonyl (C=O) groups excluding carboxylic acids is 1. The number of rotatable bonds is 5. The SMILES string of the molecule is CC.CN(C)CCCN(C)C=O. The van der Waals surface area contributed by atoms with Gasteiger partial charge in [0.2, 0.25) is 6.41 Å². The van der Waals surface area contributed by atoms with Crippen LogP contribution in [0, 0.1) is 0 Å². The summed E-state index contributed by atoms with van der Waals surface area (Å²) in [4.78, 5) is 13.9. The Morgan fingerprint density at radius 1 is 1.08 bits per heavy atom. The molecule has 0 aromatic rings. The molecule has 74 valence electrons. The van der Waals surface area contributed by atoms with Crippen molar-refractivity contribution in [1.82, 2.24) is 9.80 Å². The van der Waals surface area contributed by atoms with Gasteiger partial charge in [-0.15, -0.1) is 0 Å². The third-order valence-corrected chi connectivity index (χ3v) is 1.30. The molecule has 0 N–H and O–H groups in total. The lowest BCUT2D eigenvalue weighted by atomic mass is 10.4. The maximum Gasteiger partial charge on any atom is 0.209 e. The average molecular weight is 174 g/mol. The summed E-state index contributed by atoms with van der Waals surface area (Å²) in [6, 6.07) is 0.